The summed E-state index contributed by atoms with van der Waals surface area (Å²) in [6.45, 7) is 10.1. The molecule has 15 heavy (non-hydrogen) atoms. The normalized spacial score (nSPS) is 15.6. The lowest BCUT2D eigenvalue weighted by atomic mass is 10.00. The molecule has 0 aliphatic rings. The maximum Gasteiger partial charge on any atom is 0.407 e. The highest BCUT2D eigenvalue weighted by molar-refractivity contribution is 5.68. The van der Waals surface area contributed by atoms with Crippen LogP contribution >= 0.6 is 0 Å². The number of hydrogen-bond acceptors (Lipinski definition) is 3. The standard InChI is InChI=1S/C11H24N2O2/c1-6-8(2)9(7-12)13-10(14)15-11(3,4)5/h8-9H,6-7,12H2,1-5H3,(H,13,14). The summed E-state index contributed by atoms with van der Waals surface area (Å²) in [7, 11) is 0. The first-order valence-corrected chi connectivity index (χ1v) is 5.49. The van der Waals surface area contributed by atoms with Gasteiger partial charge in [0.25, 0.3) is 0 Å². The minimum Gasteiger partial charge on any atom is -0.444 e. The van der Waals surface area contributed by atoms with Gasteiger partial charge >= 0.3 is 6.09 Å². The van der Waals surface area contributed by atoms with E-state index in [1.807, 2.05) is 20.8 Å². The van der Waals surface area contributed by atoms with E-state index < -0.39 is 11.7 Å². The van der Waals surface area contributed by atoms with Crippen molar-refractivity contribution < 1.29 is 9.53 Å². The van der Waals surface area contributed by atoms with E-state index in [2.05, 4.69) is 19.2 Å². The van der Waals surface area contributed by atoms with Gasteiger partial charge in [0.2, 0.25) is 0 Å². The largest absolute Gasteiger partial charge is 0.444 e. The van der Waals surface area contributed by atoms with Crippen LogP contribution in [-0.4, -0.2) is 24.3 Å². The van der Waals surface area contributed by atoms with Gasteiger partial charge in [0.05, 0.1) is 0 Å². The molecule has 4 nitrogen and oxygen atoms in total. The van der Waals surface area contributed by atoms with Crippen molar-refractivity contribution in [1.29, 1.82) is 0 Å². The van der Waals surface area contributed by atoms with Gasteiger partial charge in [-0.1, -0.05) is 20.3 Å². The van der Waals surface area contributed by atoms with Gasteiger partial charge in [-0.2, -0.15) is 0 Å². The fourth-order valence-electron chi connectivity index (χ4n) is 1.18. The van der Waals surface area contributed by atoms with Crippen molar-refractivity contribution in [3.8, 4) is 0 Å². The van der Waals surface area contributed by atoms with Gasteiger partial charge in [-0.25, -0.2) is 4.79 Å². The monoisotopic (exact) mass is 216 g/mol. The highest BCUT2D eigenvalue weighted by Gasteiger charge is 2.21. The number of carbonyl (C=O) groups excluding carboxylic acids is 1. The van der Waals surface area contributed by atoms with E-state index in [4.69, 9.17) is 10.5 Å². The van der Waals surface area contributed by atoms with Crippen LogP contribution in [0.25, 0.3) is 0 Å². The van der Waals surface area contributed by atoms with E-state index in [9.17, 15) is 4.79 Å². The lowest BCUT2D eigenvalue weighted by Gasteiger charge is -2.25. The highest BCUT2D eigenvalue weighted by atomic mass is 16.6. The summed E-state index contributed by atoms with van der Waals surface area (Å²) < 4.78 is 5.16. The number of nitrogens with two attached hydrogens (primary N) is 1. The van der Waals surface area contributed by atoms with Crippen LogP contribution in [-0.2, 0) is 4.74 Å². The zero-order valence-electron chi connectivity index (χ0n) is 10.5. The van der Waals surface area contributed by atoms with E-state index in [-0.39, 0.29) is 6.04 Å². The number of ether oxygens (including phenoxy) is 1. The molecule has 0 radical (unpaired) electrons. The maximum atomic E-state index is 11.5. The van der Waals surface area contributed by atoms with Crippen molar-refractivity contribution in [2.75, 3.05) is 6.54 Å². The summed E-state index contributed by atoms with van der Waals surface area (Å²) in [5.41, 5.74) is 5.13. The SMILES string of the molecule is CCC(C)C(CN)NC(=O)OC(C)(C)C. The Morgan fingerprint density at radius 1 is 1.47 bits per heavy atom. The third-order valence-corrected chi connectivity index (χ3v) is 2.29. The minimum atomic E-state index is -0.460. The summed E-state index contributed by atoms with van der Waals surface area (Å²) in [4.78, 5) is 11.5. The van der Waals surface area contributed by atoms with Crippen LogP contribution in [0.5, 0.6) is 0 Å². The predicted octanol–water partition coefficient (Wildman–Crippen LogP) is 1.88. The maximum absolute atomic E-state index is 11.5. The summed E-state index contributed by atoms with van der Waals surface area (Å²) >= 11 is 0. The quantitative estimate of drug-likeness (QED) is 0.754. The van der Waals surface area contributed by atoms with Gasteiger partial charge in [-0.05, 0) is 26.7 Å². The first-order chi connectivity index (χ1) is 6.80. The van der Waals surface area contributed by atoms with E-state index >= 15 is 0 Å². The molecule has 90 valence electrons. The molecule has 0 aromatic heterocycles. The number of amides is 1. The first-order valence-electron chi connectivity index (χ1n) is 5.49. The topological polar surface area (TPSA) is 64.3 Å². The molecule has 0 aliphatic heterocycles. The molecule has 0 rings (SSSR count). The summed E-state index contributed by atoms with van der Waals surface area (Å²) in [6.07, 6.45) is 0.593. The molecule has 0 spiro atoms. The average molecular weight is 216 g/mol. The third kappa shape index (κ3) is 6.33. The summed E-state index contributed by atoms with van der Waals surface area (Å²) in [6, 6.07) is -0.00940. The molecule has 0 heterocycles. The Labute approximate surface area is 92.6 Å². The molecular formula is C11H24N2O2. The van der Waals surface area contributed by atoms with E-state index in [0.29, 0.717) is 12.5 Å². The molecule has 0 aromatic rings. The molecule has 0 aliphatic carbocycles. The fourth-order valence-corrected chi connectivity index (χ4v) is 1.18. The van der Waals surface area contributed by atoms with Crippen LogP contribution in [0, 0.1) is 5.92 Å². The lowest BCUT2D eigenvalue weighted by Crippen LogP contribution is -2.46. The van der Waals surface area contributed by atoms with Gasteiger partial charge in [0.15, 0.2) is 0 Å². The van der Waals surface area contributed by atoms with Crippen molar-refractivity contribution in [3.05, 3.63) is 0 Å². The Balaban J connectivity index is 4.13. The number of carbonyl (C=O) groups is 1. The van der Waals surface area contributed by atoms with Gasteiger partial charge in [0.1, 0.15) is 5.60 Å². The third-order valence-electron chi connectivity index (χ3n) is 2.29. The fraction of sp³-hybridized carbons (Fsp3) is 0.909. The molecule has 0 bridgehead atoms. The number of alkyl carbamates (subject to hydrolysis) is 1. The summed E-state index contributed by atoms with van der Waals surface area (Å²) in [5.74, 6) is 0.363. The van der Waals surface area contributed by atoms with Crippen LogP contribution in [0.2, 0.25) is 0 Å². The van der Waals surface area contributed by atoms with E-state index in [0.717, 1.165) is 6.42 Å². The first kappa shape index (κ1) is 14.2. The molecule has 1 amide bonds. The molecule has 2 atom stereocenters. The molecule has 2 unspecified atom stereocenters. The number of nitrogens with one attached hydrogen (secondary N) is 1. The van der Waals surface area contributed by atoms with Gasteiger partial charge in [-0.3, -0.25) is 0 Å². The van der Waals surface area contributed by atoms with Gasteiger partial charge in [0, 0.05) is 12.6 Å². The van der Waals surface area contributed by atoms with E-state index in [1.54, 1.807) is 0 Å². The Morgan fingerprint density at radius 3 is 2.33 bits per heavy atom. The molecule has 0 saturated carbocycles. The number of hydrogen-bond donors (Lipinski definition) is 2. The number of rotatable bonds is 4. The zero-order valence-corrected chi connectivity index (χ0v) is 10.5. The van der Waals surface area contributed by atoms with Crippen LogP contribution in [0.15, 0.2) is 0 Å². The van der Waals surface area contributed by atoms with Crippen molar-refractivity contribution in [2.45, 2.75) is 52.7 Å². The second-order valence-corrected chi connectivity index (χ2v) is 4.87. The molecule has 4 heteroatoms. The smallest absolute Gasteiger partial charge is 0.407 e. The molecule has 0 aromatic carbocycles. The van der Waals surface area contributed by atoms with Crippen molar-refractivity contribution in [1.82, 2.24) is 5.32 Å². The molecular weight excluding hydrogens is 192 g/mol. The van der Waals surface area contributed by atoms with Crippen LogP contribution in [0.4, 0.5) is 4.79 Å². The highest BCUT2D eigenvalue weighted by Crippen LogP contribution is 2.10. The zero-order chi connectivity index (χ0) is 12.1. The molecule has 0 fully saturated rings. The van der Waals surface area contributed by atoms with Crippen LogP contribution in [0.3, 0.4) is 0 Å². The van der Waals surface area contributed by atoms with Crippen LogP contribution in [0.1, 0.15) is 41.0 Å². The van der Waals surface area contributed by atoms with Gasteiger partial charge in [-0.15, -0.1) is 0 Å². The lowest BCUT2D eigenvalue weighted by molar-refractivity contribution is 0.0490. The Morgan fingerprint density at radius 2 is 2.00 bits per heavy atom. The van der Waals surface area contributed by atoms with Crippen LogP contribution < -0.4 is 11.1 Å². The van der Waals surface area contributed by atoms with E-state index in [1.165, 1.54) is 0 Å². The van der Waals surface area contributed by atoms with Crippen molar-refractivity contribution in [2.24, 2.45) is 11.7 Å². The second kappa shape index (κ2) is 5.95. The Hall–Kier alpha value is -0.770. The van der Waals surface area contributed by atoms with Crippen molar-refractivity contribution in [3.63, 3.8) is 0 Å². The molecule has 3 N–H and O–H groups in total. The Bertz CT molecular complexity index is 199. The summed E-state index contributed by atoms with van der Waals surface area (Å²) in [5, 5.41) is 2.79. The Kier molecular flexibility index (Phi) is 5.65. The molecule has 0 saturated heterocycles. The predicted molar refractivity (Wildman–Crippen MR) is 61.7 cm³/mol. The van der Waals surface area contributed by atoms with Crippen molar-refractivity contribution >= 4 is 6.09 Å². The van der Waals surface area contributed by atoms with Gasteiger partial charge < -0.3 is 15.8 Å². The second-order valence-electron chi connectivity index (χ2n) is 4.87. The minimum absolute atomic E-state index is 0.00940. The average Bonchev–Trinajstić information content (AvgIpc) is 2.10.